The number of rotatable bonds is 10. The number of nitrogens with one attached hydrogen (secondary N) is 1. The van der Waals surface area contributed by atoms with E-state index in [1.165, 1.54) is 12.0 Å². The maximum Gasteiger partial charge on any atom is 0.244 e. The van der Waals surface area contributed by atoms with Crippen molar-refractivity contribution in [1.82, 2.24) is 10.2 Å². The molecule has 1 aliphatic carbocycles. The molecular weight excluding hydrogens is 502 g/mol. The molecule has 196 valence electrons. The van der Waals surface area contributed by atoms with Gasteiger partial charge in [0.2, 0.25) is 21.8 Å². The maximum atomic E-state index is 13.6. The molecule has 0 spiro atoms. The number of halogens is 1. The molecule has 0 aromatic heterocycles. The Morgan fingerprint density at radius 1 is 1.08 bits per heavy atom. The number of amides is 2. The monoisotopic (exact) mass is 535 g/mol. The molecule has 1 unspecified atom stereocenters. The number of sulfonamides is 1. The summed E-state index contributed by atoms with van der Waals surface area (Å²) in [5.41, 5.74) is 0.990. The fourth-order valence-corrected chi connectivity index (χ4v) is 5.37. The summed E-state index contributed by atoms with van der Waals surface area (Å²) in [6, 6.07) is 12.7. The lowest BCUT2D eigenvalue weighted by Crippen LogP contribution is -2.53. The second kappa shape index (κ2) is 12.5. The van der Waals surface area contributed by atoms with Crippen molar-refractivity contribution in [1.29, 1.82) is 0 Å². The minimum atomic E-state index is -3.80. The van der Waals surface area contributed by atoms with Crippen molar-refractivity contribution >= 4 is 39.1 Å². The Bertz CT molecular complexity index is 1150. The van der Waals surface area contributed by atoms with Gasteiger partial charge in [0.25, 0.3) is 0 Å². The van der Waals surface area contributed by atoms with Crippen LogP contribution in [0.2, 0.25) is 5.02 Å². The molecule has 10 heteroatoms. The van der Waals surface area contributed by atoms with Crippen molar-refractivity contribution in [2.45, 2.75) is 57.7 Å². The van der Waals surface area contributed by atoms with Crippen LogP contribution in [0.25, 0.3) is 0 Å². The van der Waals surface area contributed by atoms with Gasteiger partial charge in [0.15, 0.2) is 0 Å². The summed E-state index contributed by atoms with van der Waals surface area (Å²) >= 11 is 6.36. The van der Waals surface area contributed by atoms with Gasteiger partial charge in [-0.15, -0.1) is 0 Å². The first-order valence-electron chi connectivity index (χ1n) is 12.0. The number of ether oxygens (including phenoxy) is 1. The summed E-state index contributed by atoms with van der Waals surface area (Å²) in [6.07, 6.45) is 6.15. The summed E-state index contributed by atoms with van der Waals surface area (Å²) in [5.74, 6) is -0.216. The summed E-state index contributed by atoms with van der Waals surface area (Å²) in [5, 5.41) is 3.53. The first-order chi connectivity index (χ1) is 17.1. The highest BCUT2D eigenvalue weighted by Gasteiger charge is 2.31. The zero-order chi connectivity index (χ0) is 26.3. The number of anilines is 1. The second-order valence-corrected chi connectivity index (χ2v) is 11.4. The number of methoxy groups -OCH3 is 1. The van der Waals surface area contributed by atoms with Gasteiger partial charge >= 0.3 is 0 Å². The predicted octanol–water partition coefficient (Wildman–Crippen LogP) is 3.98. The number of benzene rings is 2. The molecule has 1 saturated carbocycles. The van der Waals surface area contributed by atoms with Crippen LogP contribution in [0, 0.1) is 0 Å². The van der Waals surface area contributed by atoms with E-state index in [1.807, 2.05) is 0 Å². The highest BCUT2D eigenvalue weighted by molar-refractivity contribution is 7.92. The van der Waals surface area contributed by atoms with Crippen LogP contribution in [0.5, 0.6) is 5.75 Å². The van der Waals surface area contributed by atoms with E-state index >= 15 is 0 Å². The molecule has 0 radical (unpaired) electrons. The Morgan fingerprint density at radius 3 is 2.31 bits per heavy atom. The number of hydrogen-bond donors (Lipinski definition) is 1. The molecule has 36 heavy (non-hydrogen) atoms. The van der Waals surface area contributed by atoms with Crippen LogP contribution < -0.4 is 14.4 Å². The van der Waals surface area contributed by atoms with Crippen molar-refractivity contribution in [3.8, 4) is 5.75 Å². The van der Waals surface area contributed by atoms with Crippen molar-refractivity contribution in [2.75, 3.05) is 24.2 Å². The zero-order valence-corrected chi connectivity index (χ0v) is 22.5. The first-order valence-corrected chi connectivity index (χ1v) is 14.3. The fourth-order valence-electron chi connectivity index (χ4n) is 4.32. The molecule has 1 atom stereocenters. The van der Waals surface area contributed by atoms with Gasteiger partial charge in [0.05, 0.1) is 19.1 Å². The van der Waals surface area contributed by atoms with Gasteiger partial charge in [0, 0.05) is 17.6 Å². The molecule has 1 N–H and O–H groups in total. The Hall–Kier alpha value is -2.78. The van der Waals surface area contributed by atoms with Gasteiger partial charge in [-0.25, -0.2) is 8.42 Å². The Kier molecular flexibility index (Phi) is 9.62. The summed E-state index contributed by atoms with van der Waals surface area (Å²) in [7, 11) is -2.28. The largest absolute Gasteiger partial charge is 0.497 e. The third-order valence-electron chi connectivity index (χ3n) is 6.46. The van der Waals surface area contributed by atoms with E-state index in [2.05, 4.69) is 5.32 Å². The molecule has 8 nitrogen and oxygen atoms in total. The molecular formula is C26H34ClN3O5S. The molecule has 0 heterocycles. The van der Waals surface area contributed by atoms with E-state index in [0.717, 1.165) is 42.7 Å². The molecule has 0 aliphatic heterocycles. The molecule has 2 aromatic carbocycles. The highest BCUT2D eigenvalue weighted by atomic mass is 35.5. The average Bonchev–Trinajstić information content (AvgIpc) is 2.86. The summed E-state index contributed by atoms with van der Waals surface area (Å²) in [4.78, 5) is 28.2. The second-order valence-electron chi connectivity index (χ2n) is 9.10. The van der Waals surface area contributed by atoms with E-state index in [-0.39, 0.29) is 18.5 Å². The molecule has 2 amide bonds. The van der Waals surface area contributed by atoms with Crippen molar-refractivity contribution < 1.29 is 22.7 Å². The number of carbonyl (C=O) groups excluding carboxylic acids is 2. The summed E-state index contributed by atoms with van der Waals surface area (Å²) in [6.45, 7) is 1.26. The van der Waals surface area contributed by atoms with E-state index < -0.39 is 28.5 Å². The fraction of sp³-hybridized carbons (Fsp3) is 0.462. The van der Waals surface area contributed by atoms with Crippen LogP contribution in [-0.4, -0.2) is 57.1 Å². The van der Waals surface area contributed by atoms with Crippen LogP contribution in [0.15, 0.2) is 48.5 Å². The maximum absolute atomic E-state index is 13.6. The Balaban J connectivity index is 1.87. The predicted molar refractivity (Wildman–Crippen MR) is 142 cm³/mol. The first kappa shape index (κ1) is 27.8. The lowest BCUT2D eigenvalue weighted by molar-refractivity contribution is -0.139. The normalized spacial score (nSPS) is 15.1. The molecule has 1 aliphatic rings. The lowest BCUT2D eigenvalue weighted by Gasteiger charge is -2.33. The smallest absolute Gasteiger partial charge is 0.244 e. The van der Waals surface area contributed by atoms with Crippen LogP contribution >= 0.6 is 11.6 Å². The van der Waals surface area contributed by atoms with Crippen molar-refractivity contribution in [3.63, 3.8) is 0 Å². The highest BCUT2D eigenvalue weighted by Crippen LogP contribution is 2.24. The van der Waals surface area contributed by atoms with Gasteiger partial charge in [-0.1, -0.05) is 49.1 Å². The van der Waals surface area contributed by atoms with Crippen LogP contribution in [0.1, 0.15) is 44.6 Å². The van der Waals surface area contributed by atoms with E-state index in [0.29, 0.717) is 22.0 Å². The van der Waals surface area contributed by atoms with E-state index in [9.17, 15) is 18.0 Å². The van der Waals surface area contributed by atoms with Crippen molar-refractivity contribution in [2.24, 2.45) is 0 Å². The molecule has 1 fully saturated rings. The van der Waals surface area contributed by atoms with E-state index in [1.54, 1.807) is 55.5 Å². The van der Waals surface area contributed by atoms with Gasteiger partial charge in [-0.2, -0.15) is 0 Å². The van der Waals surface area contributed by atoms with E-state index in [4.69, 9.17) is 16.3 Å². The number of nitrogens with zero attached hydrogens (tertiary/aromatic N) is 2. The summed E-state index contributed by atoms with van der Waals surface area (Å²) < 4.78 is 31.5. The molecule has 0 bridgehead atoms. The topological polar surface area (TPSA) is 96.0 Å². The Labute approximate surface area is 218 Å². The van der Waals surface area contributed by atoms with Crippen LogP contribution in [0.4, 0.5) is 5.69 Å². The lowest BCUT2D eigenvalue weighted by atomic mass is 9.95. The number of hydrogen-bond acceptors (Lipinski definition) is 5. The van der Waals surface area contributed by atoms with Crippen LogP contribution in [-0.2, 0) is 26.2 Å². The van der Waals surface area contributed by atoms with Crippen LogP contribution in [0.3, 0.4) is 0 Å². The van der Waals surface area contributed by atoms with Gasteiger partial charge in [0.1, 0.15) is 18.3 Å². The standard InChI is InChI=1S/C26H34ClN3O5S/c1-19(26(32)28-21-10-5-4-6-11-21)29(17-20-9-7-8-12-24(20)27)25(31)18-30(36(3,33)34)22-13-15-23(35-2)16-14-22/h7-9,12-16,19,21H,4-6,10-11,17-18H2,1-3H3,(H,28,32). The molecule has 3 rings (SSSR count). The third-order valence-corrected chi connectivity index (χ3v) is 7.97. The minimum absolute atomic E-state index is 0.0674. The Morgan fingerprint density at radius 2 is 1.72 bits per heavy atom. The van der Waals surface area contributed by atoms with Gasteiger partial charge in [-0.3, -0.25) is 13.9 Å². The molecule has 2 aromatic rings. The average molecular weight is 536 g/mol. The minimum Gasteiger partial charge on any atom is -0.497 e. The number of carbonyl (C=O) groups is 2. The zero-order valence-electron chi connectivity index (χ0n) is 20.9. The van der Waals surface area contributed by atoms with Gasteiger partial charge in [-0.05, 0) is 55.7 Å². The SMILES string of the molecule is COc1ccc(N(CC(=O)N(Cc2ccccc2Cl)C(C)C(=O)NC2CCCCC2)S(C)(=O)=O)cc1. The van der Waals surface area contributed by atoms with Crippen molar-refractivity contribution in [3.05, 3.63) is 59.1 Å². The molecule has 0 saturated heterocycles. The third kappa shape index (κ3) is 7.36. The van der Waals surface area contributed by atoms with Gasteiger partial charge < -0.3 is 15.0 Å². The quantitative estimate of drug-likeness (QED) is 0.496.